The van der Waals surface area contributed by atoms with Gasteiger partial charge in [0, 0.05) is 20.7 Å². The lowest BCUT2D eigenvalue weighted by atomic mass is 10.1. The molecule has 7 nitrogen and oxygen atoms in total. The van der Waals surface area contributed by atoms with Gasteiger partial charge in [0.15, 0.2) is 11.0 Å². The fourth-order valence-electron chi connectivity index (χ4n) is 3.20. The monoisotopic (exact) mass is 569 g/mol. The summed E-state index contributed by atoms with van der Waals surface area (Å²) in [5.41, 5.74) is 5.92. The molecule has 1 amide bonds. The number of benzene rings is 3. The van der Waals surface area contributed by atoms with E-state index in [-0.39, 0.29) is 11.7 Å². The minimum Gasteiger partial charge on any atom is -0.497 e. The molecule has 10 heteroatoms. The molecule has 0 atom stereocenters. The van der Waals surface area contributed by atoms with Gasteiger partial charge in [-0.15, -0.1) is 10.2 Å². The number of thioether (sulfide) groups is 1. The highest BCUT2D eigenvalue weighted by Gasteiger charge is 2.17. The van der Waals surface area contributed by atoms with E-state index in [1.54, 1.807) is 19.2 Å². The molecule has 1 aromatic heterocycles. The second-order valence-electron chi connectivity index (χ2n) is 7.38. The average molecular weight is 571 g/mol. The minimum absolute atomic E-state index is 0.115. The summed E-state index contributed by atoms with van der Waals surface area (Å²) in [6, 6.07) is 22.6. The predicted octanol–water partition coefficient (Wildman–Crippen LogP) is 5.99. The Morgan fingerprint density at radius 3 is 2.54 bits per heavy atom. The number of halogens is 2. The Labute approximate surface area is 220 Å². The fraction of sp³-hybridized carbons (Fsp3) is 0.120. The zero-order chi connectivity index (χ0) is 24.8. The molecule has 0 saturated carbocycles. The normalized spacial score (nSPS) is 11.4. The van der Waals surface area contributed by atoms with Gasteiger partial charge in [0.25, 0.3) is 5.91 Å². The van der Waals surface area contributed by atoms with Crippen molar-refractivity contribution in [3.8, 4) is 22.8 Å². The Hall–Kier alpha value is -3.14. The van der Waals surface area contributed by atoms with Crippen molar-refractivity contribution in [2.45, 2.75) is 12.1 Å². The molecule has 0 bridgehead atoms. The highest BCUT2D eigenvalue weighted by Crippen LogP contribution is 2.29. The van der Waals surface area contributed by atoms with Crippen LogP contribution in [0.25, 0.3) is 17.1 Å². The summed E-state index contributed by atoms with van der Waals surface area (Å²) in [6.07, 6.45) is 0. The van der Waals surface area contributed by atoms with Gasteiger partial charge < -0.3 is 4.74 Å². The lowest BCUT2D eigenvalue weighted by Crippen LogP contribution is -2.21. The molecule has 0 aliphatic rings. The third-order valence-electron chi connectivity index (χ3n) is 4.99. The average Bonchev–Trinajstić information content (AvgIpc) is 3.30. The van der Waals surface area contributed by atoms with E-state index in [1.165, 1.54) is 11.8 Å². The molecule has 0 radical (unpaired) electrons. The number of nitrogens with one attached hydrogen (secondary N) is 1. The summed E-state index contributed by atoms with van der Waals surface area (Å²) < 4.78 is 8.10. The first kappa shape index (κ1) is 25.0. The Kier molecular flexibility index (Phi) is 8.22. The van der Waals surface area contributed by atoms with Crippen molar-refractivity contribution in [3.05, 3.63) is 87.9 Å². The number of carbonyl (C=O) groups is 1. The van der Waals surface area contributed by atoms with Gasteiger partial charge >= 0.3 is 0 Å². The number of hydrazone groups is 1. The first-order valence-electron chi connectivity index (χ1n) is 10.5. The number of methoxy groups -OCH3 is 1. The van der Waals surface area contributed by atoms with Crippen LogP contribution in [0, 0.1) is 0 Å². The molecule has 0 unspecified atom stereocenters. The van der Waals surface area contributed by atoms with Gasteiger partial charge in [-0.3, -0.25) is 9.36 Å². The van der Waals surface area contributed by atoms with Crippen LogP contribution in [0.5, 0.6) is 5.75 Å². The van der Waals surface area contributed by atoms with Crippen LogP contribution < -0.4 is 10.2 Å². The van der Waals surface area contributed by atoms with E-state index >= 15 is 0 Å². The van der Waals surface area contributed by atoms with Crippen molar-refractivity contribution in [2.24, 2.45) is 5.10 Å². The number of aromatic nitrogens is 3. The topological polar surface area (TPSA) is 81.4 Å². The van der Waals surface area contributed by atoms with E-state index in [0.717, 1.165) is 27.0 Å². The van der Waals surface area contributed by atoms with Gasteiger partial charge in [-0.25, -0.2) is 5.43 Å². The molecule has 178 valence electrons. The van der Waals surface area contributed by atoms with Crippen LogP contribution >= 0.6 is 39.3 Å². The van der Waals surface area contributed by atoms with Crippen molar-refractivity contribution in [3.63, 3.8) is 0 Å². The summed E-state index contributed by atoms with van der Waals surface area (Å²) in [5.74, 6) is 1.25. The van der Waals surface area contributed by atoms with Crippen LogP contribution in [0.4, 0.5) is 0 Å². The fourth-order valence-corrected chi connectivity index (χ4v) is 4.47. The second-order valence-corrected chi connectivity index (χ2v) is 9.67. The Bertz CT molecular complexity index is 1360. The zero-order valence-corrected chi connectivity index (χ0v) is 22.1. The number of hydrogen-bond donors (Lipinski definition) is 1. The standard InChI is InChI=1S/C25H21BrClN5O2S/c1-16(18-4-3-5-19(26)14-18)28-29-23(33)15-35-25-31-30-24(17-6-12-22(34-2)13-7-17)32(25)21-10-8-20(27)9-11-21/h3-14H,15H2,1-2H3,(H,29,33)/b28-16-. The quantitative estimate of drug-likeness (QED) is 0.160. The van der Waals surface area contributed by atoms with Gasteiger partial charge in [-0.05, 0) is 73.2 Å². The van der Waals surface area contributed by atoms with Crippen molar-refractivity contribution in [2.75, 3.05) is 12.9 Å². The lowest BCUT2D eigenvalue weighted by molar-refractivity contribution is -0.118. The van der Waals surface area contributed by atoms with Gasteiger partial charge in [0.1, 0.15) is 5.75 Å². The molecular weight excluding hydrogens is 550 g/mol. The maximum atomic E-state index is 12.5. The van der Waals surface area contributed by atoms with Crippen molar-refractivity contribution in [1.29, 1.82) is 0 Å². The largest absolute Gasteiger partial charge is 0.497 e. The van der Waals surface area contributed by atoms with Crippen LogP contribution in [0.15, 0.2) is 87.5 Å². The number of carbonyl (C=O) groups excluding carboxylic acids is 1. The molecule has 35 heavy (non-hydrogen) atoms. The Morgan fingerprint density at radius 1 is 1.11 bits per heavy atom. The number of nitrogens with zero attached hydrogens (tertiary/aromatic N) is 4. The molecule has 1 N–H and O–H groups in total. The summed E-state index contributed by atoms with van der Waals surface area (Å²) in [7, 11) is 1.62. The van der Waals surface area contributed by atoms with Crippen LogP contribution in [-0.4, -0.2) is 39.2 Å². The maximum Gasteiger partial charge on any atom is 0.250 e. The minimum atomic E-state index is -0.249. The smallest absolute Gasteiger partial charge is 0.250 e. The van der Waals surface area contributed by atoms with E-state index in [1.807, 2.05) is 72.2 Å². The predicted molar refractivity (Wildman–Crippen MR) is 144 cm³/mol. The first-order chi connectivity index (χ1) is 16.9. The van der Waals surface area contributed by atoms with Crippen molar-refractivity contribution in [1.82, 2.24) is 20.2 Å². The number of rotatable bonds is 8. The first-order valence-corrected chi connectivity index (χ1v) is 12.7. The van der Waals surface area contributed by atoms with E-state index in [4.69, 9.17) is 16.3 Å². The highest BCUT2D eigenvalue weighted by atomic mass is 79.9. The van der Waals surface area contributed by atoms with E-state index in [2.05, 4.69) is 36.7 Å². The maximum absolute atomic E-state index is 12.5. The second kappa shape index (κ2) is 11.5. The summed E-state index contributed by atoms with van der Waals surface area (Å²) >= 11 is 10.8. The molecule has 0 aliphatic carbocycles. The lowest BCUT2D eigenvalue weighted by Gasteiger charge is -2.11. The third kappa shape index (κ3) is 6.30. The molecule has 0 spiro atoms. The molecule has 3 aromatic carbocycles. The van der Waals surface area contributed by atoms with E-state index in [9.17, 15) is 4.79 Å². The Balaban J connectivity index is 1.54. The van der Waals surface area contributed by atoms with Crippen LogP contribution in [0.2, 0.25) is 5.02 Å². The molecular formula is C25H21BrClN5O2S. The number of amides is 1. The molecule has 0 fully saturated rings. The third-order valence-corrected chi connectivity index (χ3v) is 6.66. The van der Waals surface area contributed by atoms with Gasteiger partial charge in [0.05, 0.1) is 18.6 Å². The number of ether oxygens (including phenoxy) is 1. The summed E-state index contributed by atoms with van der Waals surface area (Å²) in [5, 5.41) is 14.2. The van der Waals surface area contributed by atoms with Crippen LogP contribution in [-0.2, 0) is 4.79 Å². The van der Waals surface area contributed by atoms with Gasteiger partial charge in [-0.2, -0.15) is 5.10 Å². The molecule has 4 rings (SSSR count). The summed E-state index contributed by atoms with van der Waals surface area (Å²) in [6.45, 7) is 1.84. The van der Waals surface area contributed by atoms with Gasteiger partial charge in [0.2, 0.25) is 0 Å². The highest BCUT2D eigenvalue weighted by molar-refractivity contribution is 9.10. The van der Waals surface area contributed by atoms with Gasteiger partial charge in [-0.1, -0.05) is 51.4 Å². The molecule has 0 saturated heterocycles. The Morgan fingerprint density at radius 2 is 1.86 bits per heavy atom. The molecule has 0 aliphatic heterocycles. The van der Waals surface area contributed by atoms with E-state index < -0.39 is 0 Å². The van der Waals surface area contributed by atoms with Crippen molar-refractivity contribution >= 4 is 50.9 Å². The van der Waals surface area contributed by atoms with Crippen LogP contribution in [0.1, 0.15) is 12.5 Å². The number of hydrogen-bond acceptors (Lipinski definition) is 6. The van der Waals surface area contributed by atoms with Crippen molar-refractivity contribution < 1.29 is 9.53 Å². The molecule has 1 heterocycles. The van der Waals surface area contributed by atoms with Crippen LogP contribution in [0.3, 0.4) is 0 Å². The summed E-state index contributed by atoms with van der Waals surface area (Å²) in [4.78, 5) is 12.5. The molecule has 4 aromatic rings. The zero-order valence-electron chi connectivity index (χ0n) is 18.9. The van der Waals surface area contributed by atoms with E-state index in [0.29, 0.717) is 21.7 Å². The SMILES string of the molecule is COc1ccc(-c2nnc(SCC(=O)N/N=C(/C)c3cccc(Br)c3)n2-c2ccc(Cl)cc2)cc1.